The predicted octanol–water partition coefficient (Wildman–Crippen LogP) is 2.90. The van der Waals surface area contributed by atoms with E-state index in [-0.39, 0.29) is 23.8 Å². The van der Waals surface area contributed by atoms with Gasteiger partial charge in [-0.3, -0.25) is 4.79 Å². The zero-order chi connectivity index (χ0) is 14.2. The van der Waals surface area contributed by atoms with Crippen molar-refractivity contribution in [3.63, 3.8) is 0 Å². The van der Waals surface area contributed by atoms with Crippen LogP contribution in [0.1, 0.15) is 25.3 Å². The summed E-state index contributed by atoms with van der Waals surface area (Å²) in [6.45, 7) is 4.98. The molecule has 1 unspecified atom stereocenters. The summed E-state index contributed by atoms with van der Waals surface area (Å²) >= 11 is 12.0. The second kappa shape index (κ2) is 5.70. The molecule has 5 heteroatoms. The second-order valence-electron chi connectivity index (χ2n) is 5.23. The van der Waals surface area contributed by atoms with E-state index in [1.807, 2.05) is 24.0 Å². The van der Waals surface area contributed by atoms with Gasteiger partial charge in [0.25, 0.3) is 0 Å². The third-order valence-corrected chi connectivity index (χ3v) is 4.60. The highest BCUT2D eigenvalue weighted by atomic mass is 35.5. The number of hydrogen-bond acceptors (Lipinski definition) is 2. The summed E-state index contributed by atoms with van der Waals surface area (Å²) in [5.74, 6) is 0.563. The van der Waals surface area contributed by atoms with Gasteiger partial charge in [0.1, 0.15) is 0 Å². The number of nitrogens with two attached hydrogens (primary N) is 1. The first-order valence-corrected chi connectivity index (χ1v) is 7.11. The zero-order valence-corrected chi connectivity index (χ0v) is 12.6. The lowest BCUT2D eigenvalue weighted by Crippen LogP contribution is -2.32. The molecule has 1 fully saturated rings. The fraction of sp³-hybridized carbons (Fsp3) is 0.500. The van der Waals surface area contributed by atoms with Gasteiger partial charge in [0, 0.05) is 32.0 Å². The molecule has 0 bridgehead atoms. The van der Waals surface area contributed by atoms with Gasteiger partial charge in [-0.25, -0.2) is 0 Å². The van der Waals surface area contributed by atoms with Gasteiger partial charge < -0.3 is 10.6 Å². The number of carbonyl (C=O) groups excluding carboxylic acids is 1. The third-order valence-electron chi connectivity index (χ3n) is 3.86. The minimum Gasteiger partial charge on any atom is -0.342 e. The Labute approximate surface area is 123 Å². The maximum atomic E-state index is 11.6. The van der Waals surface area contributed by atoms with Crippen molar-refractivity contribution in [3.05, 3.63) is 33.8 Å². The molecule has 2 rings (SSSR count). The highest BCUT2D eigenvalue weighted by Gasteiger charge is 2.37. The van der Waals surface area contributed by atoms with E-state index < -0.39 is 0 Å². The molecule has 0 spiro atoms. The number of rotatable bonds is 2. The Hall–Kier alpha value is -0.770. The lowest BCUT2D eigenvalue weighted by molar-refractivity contribution is -0.127. The maximum Gasteiger partial charge on any atom is 0.219 e. The van der Waals surface area contributed by atoms with Gasteiger partial charge in [0.05, 0.1) is 10.0 Å². The standard InChI is InChI=1S/C14H18Cl2N2O/c1-8(17)11-6-18(9(2)19)7-12(11)10-3-4-13(15)14(16)5-10/h3-5,8,11-12H,6-7,17H2,1-2H3/t8?,11-,12-/m0/s1. The molecule has 1 saturated heterocycles. The zero-order valence-electron chi connectivity index (χ0n) is 11.1. The van der Waals surface area contributed by atoms with Gasteiger partial charge in [0.15, 0.2) is 0 Å². The SMILES string of the molecule is CC(=O)N1C[C@@H](c2ccc(Cl)c(Cl)c2)[C@H](C(C)N)C1. The summed E-state index contributed by atoms with van der Waals surface area (Å²) in [6.07, 6.45) is 0. The van der Waals surface area contributed by atoms with Gasteiger partial charge in [-0.2, -0.15) is 0 Å². The average molecular weight is 301 g/mol. The van der Waals surface area contributed by atoms with E-state index in [1.54, 1.807) is 13.0 Å². The molecule has 1 aliphatic rings. The summed E-state index contributed by atoms with van der Waals surface area (Å²) in [4.78, 5) is 13.4. The van der Waals surface area contributed by atoms with Crippen molar-refractivity contribution in [2.45, 2.75) is 25.8 Å². The molecule has 3 nitrogen and oxygen atoms in total. The van der Waals surface area contributed by atoms with Crippen molar-refractivity contribution in [1.29, 1.82) is 0 Å². The Morgan fingerprint density at radius 1 is 1.37 bits per heavy atom. The van der Waals surface area contributed by atoms with E-state index in [1.165, 1.54) is 0 Å². The Balaban J connectivity index is 2.30. The number of benzene rings is 1. The predicted molar refractivity (Wildman–Crippen MR) is 78.6 cm³/mol. The highest BCUT2D eigenvalue weighted by Crippen LogP contribution is 2.36. The van der Waals surface area contributed by atoms with Crippen LogP contribution >= 0.6 is 23.2 Å². The van der Waals surface area contributed by atoms with E-state index in [9.17, 15) is 4.79 Å². The lowest BCUT2D eigenvalue weighted by Gasteiger charge is -2.22. The van der Waals surface area contributed by atoms with Crippen molar-refractivity contribution >= 4 is 29.1 Å². The first-order valence-electron chi connectivity index (χ1n) is 6.36. The topological polar surface area (TPSA) is 46.3 Å². The van der Waals surface area contributed by atoms with Crippen molar-refractivity contribution < 1.29 is 4.79 Å². The Bertz CT molecular complexity index is 490. The van der Waals surface area contributed by atoms with Gasteiger partial charge in [-0.15, -0.1) is 0 Å². The molecule has 0 aliphatic carbocycles. The van der Waals surface area contributed by atoms with E-state index in [0.717, 1.165) is 5.56 Å². The minimum atomic E-state index is 0.0313. The van der Waals surface area contributed by atoms with E-state index in [2.05, 4.69) is 0 Å². The molecule has 19 heavy (non-hydrogen) atoms. The molecule has 1 heterocycles. The van der Waals surface area contributed by atoms with Crippen molar-refractivity contribution in [1.82, 2.24) is 4.90 Å². The molecule has 1 aliphatic heterocycles. The number of carbonyl (C=O) groups is 1. The molecule has 1 amide bonds. The average Bonchev–Trinajstić information content (AvgIpc) is 2.78. The minimum absolute atomic E-state index is 0.0313. The Morgan fingerprint density at radius 2 is 2.05 bits per heavy atom. The monoisotopic (exact) mass is 300 g/mol. The third kappa shape index (κ3) is 3.04. The molecule has 1 aromatic rings. The first kappa shape index (κ1) is 14.6. The Morgan fingerprint density at radius 3 is 2.58 bits per heavy atom. The van der Waals surface area contributed by atoms with Crippen LogP contribution in [0.5, 0.6) is 0 Å². The van der Waals surface area contributed by atoms with Crippen LogP contribution in [0.15, 0.2) is 18.2 Å². The fourth-order valence-electron chi connectivity index (χ4n) is 2.71. The summed E-state index contributed by atoms with van der Waals surface area (Å²) in [5.41, 5.74) is 7.16. The van der Waals surface area contributed by atoms with Crippen LogP contribution in [0.4, 0.5) is 0 Å². The quantitative estimate of drug-likeness (QED) is 0.913. The van der Waals surface area contributed by atoms with Gasteiger partial charge in [-0.05, 0) is 30.5 Å². The molecular weight excluding hydrogens is 283 g/mol. The normalized spacial score (nSPS) is 24.6. The summed E-state index contributed by atoms with van der Waals surface area (Å²) < 4.78 is 0. The molecular formula is C14H18Cl2N2O. The largest absolute Gasteiger partial charge is 0.342 e. The molecule has 104 valence electrons. The van der Waals surface area contributed by atoms with Gasteiger partial charge >= 0.3 is 0 Å². The van der Waals surface area contributed by atoms with Crippen LogP contribution in [-0.2, 0) is 4.79 Å². The highest BCUT2D eigenvalue weighted by molar-refractivity contribution is 6.42. The van der Waals surface area contributed by atoms with E-state index in [4.69, 9.17) is 28.9 Å². The summed E-state index contributed by atoms with van der Waals surface area (Å²) in [7, 11) is 0. The summed E-state index contributed by atoms with van der Waals surface area (Å²) in [6, 6.07) is 5.68. The van der Waals surface area contributed by atoms with E-state index in [0.29, 0.717) is 23.1 Å². The maximum absolute atomic E-state index is 11.6. The number of likely N-dealkylation sites (tertiary alicyclic amines) is 1. The lowest BCUT2D eigenvalue weighted by atomic mass is 9.85. The molecule has 2 N–H and O–H groups in total. The molecule has 0 aromatic heterocycles. The van der Waals surface area contributed by atoms with E-state index >= 15 is 0 Å². The van der Waals surface area contributed by atoms with Crippen LogP contribution in [0.3, 0.4) is 0 Å². The van der Waals surface area contributed by atoms with Gasteiger partial charge in [-0.1, -0.05) is 29.3 Å². The second-order valence-corrected chi connectivity index (χ2v) is 6.04. The Kier molecular flexibility index (Phi) is 4.39. The van der Waals surface area contributed by atoms with Crippen molar-refractivity contribution in [2.75, 3.05) is 13.1 Å². The van der Waals surface area contributed by atoms with Crippen molar-refractivity contribution in [2.24, 2.45) is 11.7 Å². The van der Waals surface area contributed by atoms with Crippen LogP contribution in [0.25, 0.3) is 0 Å². The smallest absolute Gasteiger partial charge is 0.219 e. The van der Waals surface area contributed by atoms with Gasteiger partial charge in [0.2, 0.25) is 5.91 Å². The number of amides is 1. The summed E-state index contributed by atoms with van der Waals surface area (Å²) in [5, 5.41) is 1.09. The van der Waals surface area contributed by atoms with Crippen molar-refractivity contribution in [3.8, 4) is 0 Å². The van der Waals surface area contributed by atoms with Crippen LogP contribution in [0, 0.1) is 5.92 Å². The van der Waals surface area contributed by atoms with Crippen LogP contribution < -0.4 is 5.73 Å². The number of nitrogens with zero attached hydrogens (tertiary/aromatic N) is 1. The van der Waals surface area contributed by atoms with Crippen LogP contribution in [0.2, 0.25) is 10.0 Å². The molecule has 0 radical (unpaired) electrons. The molecule has 0 saturated carbocycles. The molecule has 3 atom stereocenters. The van der Waals surface area contributed by atoms with Crippen LogP contribution in [-0.4, -0.2) is 29.9 Å². The first-order chi connectivity index (χ1) is 8.90. The fourth-order valence-corrected chi connectivity index (χ4v) is 3.02. The number of halogens is 2. The number of hydrogen-bond donors (Lipinski definition) is 1. The molecule has 1 aromatic carbocycles.